The van der Waals surface area contributed by atoms with Crippen LogP contribution >= 0.6 is 24.0 Å². The minimum atomic E-state index is -0.541. The highest BCUT2D eigenvalue weighted by Gasteiger charge is 2.01. The molecular formula is C6H16IN3O2. The van der Waals surface area contributed by atoms with E-state index >= 15 is 0 Å². The molecule has 0 aromatic carbocycles. The number of aliphatic hydroxyl groups excluding tert-OH is 1. The zero-order chi connectivity index (χ0) is 8.69. The quantitative estimate of drug-likeness (QED) is 0.358. The molecular weight excluding hydrogens is 273 g/mol. The van der Waals surface area contributed by atoms with Crippen LogP contribution < -0.4 is 11.1 Å². The van der Waals surface area contributed by atoms with Crippen LogP contribution in [-0.2, 0) is 4.74 Å². The van der Waals surface area contributed by atoms with Gasteiger partial charge in [-0.3, -0.25) is 4.99 Å². The van der Waals surface area contributed by atoms with Crippen molar-refractivity contribution in [3.63, 3.8) is 0 Å². The number of nitrogens with two attached hydrogens (primary N) is 1. The second kappa shape index (κ2) is 9.01. The van der Waals surface area contributed by atoms with Crippen LogP contribution in [0.2, 0.25) is 0 Å². The molecule has 74 valence electrons. The number of rotatable bonds is 4. The Bertz CT molecular complexity index is 132. The van der Waals surface area contributed by atoms with Crippen molar-refractivity contribution in [1.29, 1.82) is 0 Å². The number of halogens is 1. The summed E-state index contributed by atoms with van der Waals surface area (Å²) in [6, 6.07) is 0. The average molecular weight is 289 g/mol. The van der Waals surface area contributed by atoms with Crippen molar-refractivity contribution in [3.05, 3.63) is 0 Å². The Morgan fingerprint density at radius 3 is 2.75 bits per heavy atom. The summed E-state index contributed by atoms with van der Waals surface area (Å²) in [6.07, 6.45) is -0.541. The molecule has 0 saturated carbocycles. The van der Waals surface area contributed by atoms with Gasteiger partial charge >= 0.3 is 0 Å². The van der Waals surface area contributed by atoms with Crippen LogP contribution in [0, 0.1) is 0 Å². The third-order valence-corrected chi connectivity index (χ3v) is 1.12. The molecule has 6 heteroatoms. The molecule has 1 atom stereocenters. The first-order valence-corrected chi connectivity index (χ1v) is 3.33. The lowest BCUT2D eigenvalue weighted by molar-refractivity contribution is 0.0674. The van der Waals surface area contributed by atoms with Crippen molar-refractivity contribution < 1.29 is 9.84 Å². The Labute approximate surface area is 89.4 Å². The molecule has 0 radical (unpaired) electrons. The fraction of sp³-hybridized carbons (Fsp3) is 0.833. The number of hydrogen-bond acceptors (Lipinski definition) is 3. The lowest BCUT2D eigenvalue weighted by atomic mass is 10.4. The van der Waals surface area contributed by atoms with Gasteiger partial charge in [0.25, 0.3) is 0 Å². The van der Waals surface area contributed by atoms with Gasteiger partial charge in [0.1, 0.15) is 0 Å². The van der Waals surface area contributed by atoms with E-state index in [1.807, 2.05) is 0 Å². The van der Waals surface area contributed by atoms with E-state index in [1.54, 1.807) is 7.05 Å². The number of ether oxygens (including phenoxy) is 1. The van der Waals surface area contributed by atoms with Gasteiger partial charge < -0.3 is 20.9 Å². The SMILES string of the molecule is CN=C(N)NC[C@H](O)COC.I. The Morgan fingerprint density at radius 2 is 2.33 bits per heavy atom. The van der Waals surface area contributed by atoms with Crippen molar-refractivity contribution >= 4 is 29.9 Å². The van der Waals surface area contributed by atoms with Crippen LogP contribution in [0.4, 0.5) is 0 Å². The van der Waals surface area contributed by atoms with E-state index in [1.165, 1.54) is 7.11 Å². The van der Waals surface area contributed by atoms with E-state index < -0.39 is 6.10 Å². The van der Waals surface area contributed by atoms with Crippen molar-refractivity contribution in [2.75, 3.05) is 27.3 Å². The predicted octanol–water partition coefficient (Wildman–Crippen LogP) is -0.854. The second-order valence-electron chi connectivity index (χ2n) is 2.10. The number of guanidine groups is 1. The maximum atomic E-state index is 9.10. The monoisotopic (exact) mass is 289 g/mol. The molecule has 0 heterocycles. The highest BCUT2D eigenvalue weighted by molar-refractivity contribution is 14.0. The van der Waals surface area contributed by atoms with Crippen molar-refractivity contribution in [1.82, 2.24) is 5.32 Å². The molecule has 5 nitrogen and oxygen atoms in total. The number of nitrogens with one attached hydrogen (secondary N) is 1. The van der Waals surface area contributed by atoms with Crippen LogP contribution in [0.1, 0.15) is 0 Å². The van der Waals surface area contributed by atoms with Crippen LogP contribution in [-0.4, -0.2) is 44.5 Å². The van der Waals surface area contributed by atoms with Crippen molar-refractivity contribution in [2.45, 2.75) is 6.10 Å². The van der Waals surface area contributed by atoms with Gasteiger partial charge in [0, 0.05) is 20.7 Å². The highest BCUT2D eigenvalue weighted by Crippen LogP contribution is 1.79. The fourth-order valence-corrected chi connectivity index (χ4v) is 0.553. The van der Waals surface area contributed by atoms with Gasteiger partial charge in [0.2, 0.25) is 0 Å². The van der Waals surface area contributed by atoms with E-state index in [4.69, 9.17) is 15.6 Å². The van der Waals surface area contributed by atoms with Crippen LogP contribution in [0.3, 0.4) is 0 Å². The lowest BCUT2D eigenvalue weighted by Crippen LogP contribution is -2.38. The smallest absolute Gasteiger partial charge is 0.188 e. The third kappa shape index (κ3) is 8.02. The standard InChI is InChI=1S/C6H15N3O2.HI/c1-8-6(7)9-3-5(10)4-11-2;/h5,10H,3-4H2,1-2H3,(H3,7,8,9);1H/t5-;/m0./s1. The molecule has 0 bridgehead atoms. The minimum absolute atomic E-state index is 0. The Hall–Kier alpha value is -0.0800. The van der Waals surface area contributed by atoms with E-state index in [-0.39, 0.29) is 24.0 Å². The van der Waals surface area contributed by atoms with Crippen LogP contribution in [0.25, 0.3) is 0 Å². The van der Waals surface area contributed by atoms with Crippen molar-refractivity contribution in [3.8, 4) is 0 Å². The Balaban J connectivity index is 0. The molecule has 0 spiro atoms. The summed E-state index contributed by atoms with van der Waals surface area (Å²) < 4.78 is 4.70. The molecule has 0 amide bonds. The third-order valence-electron chi connectivity index (χ3n) is 1.12. The predicted molar refractivity (Wildman–Crippen MR) is 58.8 cm³/mol. The van der Waals surface area contributed by atoms with Gasteiger partial charge in [0.15, 0.2) is 5.96 Å². The maximum absolute atomic E-state index is 9.10. The number of aliphatic imine (C=N–C) groups is 1. The van der Waals surface area contributed by atoms with E-state index in [9.17, 15) is 0 Å². The Kier molecular flexibility index (Phi) is 10.8. The van der Waals surface area contributed by atoms with E-state index in [2.05, 4.69) is 10.3 Å². The Morgan fingerprint density at radius 1 is 1.75 bits per heavy atom. The van der Waals surface area contributed by atoms with Gasteiger partial charge in [-0.15, -0.1) is 24.0 Å². The summed E-state index contributed by atoms with van der Waals surface area (Å²) in [5, 5.41) is 11.8. The first-order valence-electron chi connectivity index (χ1n) is 3.33. The number of aliphatic hydroxyl groups is 1. The van der Waals surface area contributed by atoms with E-state index in [0.717, 1.165) is 0 Å². The summed E-state index contributed by atoms with van der Waals surface area (Å²) in [5.41, 5.74) is 5.30. The normalized spacial score (nSPS) is 13.4. The second-order valence-corrected chi connectivity index (χ2v) is 2.10. The highest BCUT2D eigenvalue weighted by atomic mass is 127. The summed E-state index contributed by atoms with van der Waals surface area (Å²) in [7, 11) is 3.10. The fourth-order valence-electron chi connectivity index (χ4n) is 0.553. The van der Waals surface area contributed by atoms with Crippen LogP contribution in [0.5, 0.6) is 0 Å². The maximum Gasteiger partial charge on any atom is 0.188 e. The lowest BCUT2D eigenvalue weighted by Gasteiger charge is -2.10. The number of methoxy groups -OCH3 is 1. The largest absolute Gasteiger partial charge is 0.389 e. The molecule has 0 saturated heterocycles. The molecule has 0 aromatic heterocycles. The van der Waals surface area contributed by atoms with Crippen LogP contribution in [0.15, 0.2) is 4.99 Å². The van der Waals surface area contributed by atoms with Gasteiger partial charge in [-0.2, -0.15) is 0 Å². The summed E-state index contributed by atoms with van der Waals surface area (Å²) in [5.74, 6) is 0.320. The zero-order valence-electron chi connectivity index (χ0n) is 7.28. The van der Waals surface area contributed by atoms with Gasteiger partial charge in [0.05, 0.1) is 12.7 Å². The van der Waals surface area contributed by atoms with Gasteiger partial charge in [-0.25, -0.2) is 0 Å². The summed E-state index contributed by atoms with van der Waals surface area (Å²) in [4.78, 5) is 3.65. The molecule has 0 rings (SSSR count). The average Bonchev–Trinajstić information content (AvgIpc) is 2.01. The molecule has 4 N–H and O–H groups in total. The zero-order valence-corrected chi connectivity index (χ0v) is 9.61. The molecule has 12 heavy (non-hydrogen) atoms. The summed E-state index contributed by atoms with van der Waals surface area (Å²) >= 11 is 0. The molecule has 0 aliphatic carbocycles. The molecule has 0 aromatic rings. The van der Waals surface area contributed by atoms with Gasteiger partial charge in [-0.05, 0) is 0 Å². The topological polar surface area (TPSA) is 79.9 Å². The van der Waals surface area contributed by atoms with Gasteiger partial charge in [-0.1, -0.05) is 0 Å². The molecule has 0 aliphatic rings. The minimum Gasteiger partial charge on any atom is -0.389 e. The van der Waals surface area contributed by atoms with E-state index in [0.29, 0.717) is 19.1 Å². The molecule has 0 fully saturated rings. The molecule has 0 aliphatic heterocycles. The first kappa shape index (κ1) is 14.4. The molecule has 0 unspecified atom stereocenters. The number of hydrogen-bond donors (Lipinski definition) is 3. The number of nitrogens with zero attached hydrogens (tertiary/aromatic N) is 1. The first-order chi connectivity index (χ1) is 5.20. The van der Waals surface area contributed by atoms with Crippen molar-refractivity contribution in [2.24, 2.45) is 10.7 Å². The summed E-state index contributed by atoms with van der Waals surface area (Å²) in [6.45, 7) is 0.654.